The molecule has 0 saturated heterocycles. The molecule has 0 aliphatic carbocycles. The molecule has 0 fully saturated rings. The largest absolute Gasteiger partial charge is 0.333 e. The lowest BCUT2D eigenvalue weighted by molar-refractivity contribution is 0.0541. The van der Waals surface area contributed by atoms with Crippen LogP contribution in [0, 0.1) is 13.8 Å². The van der Waals surface area contributed by atoms with Crippen LogP contribution in [0.15, 0.2) is 17.3 Å². The van der Waals surface area contributed by atoms with Crippen molar-refractivity contribution in [3.8, 4) is 0 Å². The minimum absolute atomic E-state index is 0.0792. The van der Waals surface area contributed by atoms with Gasteiger partial charge in [-0.15, -0.1) is 0 Å². The van der Waals surface area contributed by atoms with Crippen molar-refractivity contribution in [1.82, 2.24) is 23.9 Å². The Hall–Kier alpha value is -1.81. The van der Waals surface area contributed by atoms with Gasteiger partial charge in [-0.25, -0.2) is 13.1 Å². The summed E-state index contributed by atoms with van der Waals surface area (Å²) in [5.41, 5.74) is 1.44. The molecular formula is C14H21F2N5O2S. The molecular weight excluding hydrogens is 340 g/mol. The summed E-state index contributed by atoms with van der Waals surface area (Å²) in [6.45, 7) is 4.90. The molecule has 24 heavy (non-hydrogen) atoms. The number of nitrogens with zero attached hydrogens (tertiary/aromatic N) is 5. The third-order valence-electron chi connectivity index (χ3n) is 3.87. The molecule has 0 spiro atoms. The first-order valence-corrected chi connectivity index (χ1v) is 9.01. The Morgan fingerprint density at radius 1 is 1.29 bits per heavy atom. The summed E-state index contributed by atoms with van der Waals surface area (Å²) in [5, 5.41) is 7.78. The van der Waals surface area contributed by atoms with Gasteiger partial charge in [0, 0.05) is 31.4 Å². The van der Waals surface area contributed by atoms with Crippen molar-refractivity contribution >= 4 is 10.0 Å². The Morgan fingerprint density at radius 3 is 2.42 bits per heavy atom. The lowest BCUT2D eigenvalue weighted by Gasteiger charge is -2.20. The van der Waals surface area contributed by atoms with Gasteiger partial charge >= 0.3 is 6.55 Å². The first-order valence-electron chi connectivity index (χ1n) is 7.57. The molecule has 0 N–H and O–H groups in total. The van der Waals surface area contributed by atoms with Crippen molar-refractivity contribution < 1.29 is 17.2 Å². The second-order valence-corrected chi connectivity index (χ2v) is 7.25. The molecule has 0 aliphatic rings. The van der Waals surface area contributed by atoms with Crippen molar-refractivity contribution in [3.63, 3.8) is 0 Å². The van der Waals surface area contributed by atoms with Crippen LogP contribution < -0.4 is 0 Å². The Morgan fingerprint density at radius 2 is 1.96 bits per heavy atom. The van der Waals surface area contributed by atoms with E-state index in [1.807, 2.05) is 13.8 Å². The smallest absolute Gasteiger partial charge is 0.272 e. The van der Waals surface area contributed by atoms with Gasteiger partial charge in [0.05, 0.1) is 17.6 Å². The van der Waals surface area contributed by atoms with Gasteiger partial charge in [-0.3, -0.25) is 4.68 Å². The molecule has 0 aliphatic heterocycles. The summed E-state index contributed by atoms with van der Waals surface area (Å²) in [5.74, 6) is 0. The van der Waals surface area contributed by atoms with Crippen LogP contribution in [0.4, 0.5) is 8.78 Å². The van der Waals surface area contributed by atoms with Crippen LogP contribution in [-0.2, 0) is 23.1 Å². The van der Waals surface area contributed by atoms with E-state index >= 15 is 0 Å². The fourth-order valence-electron chi connectivity index (χ4n) is 2.43. The number of rotatable bonds is 7. The van der Waals surface area contributed by atoms with Crippen LogP contribution in [0.2, 0.25) is 0 Å². The molecule has 0 radical (unpaired) electrons. The summed E-state index contributed by atoms with van der Waals surface area (Å²) in [6, 6.07) is 0. The molecule has 2 aromatic heterocycles. The number of halogens is 2. The Kier molecular flexibility index (Phi) is 5.38. The monoisotopic (exact) mass is 361 g/mol. The van der Waals surface area contributed by atoms with E-state index in [9.17, 15) is 17.2 Å². The first-order chi connectivity index (χ1) is 11.2. The molecule has 10 heteroatoms. The molecule has 0 unspecified atom stereocenters. The summed E-state index contributed by atoms with van der Waals surface area (Å²) in [7, 11) is -3.93. The van der Waals surface area contributed by atoms with Gasteiger partial charge in [-0.05, 0) is 20.8 Å². The maximum Gasteiger partial charge on any atom is 0.333 e. The molecule has 7 nitrogen and oxygen atoms in total. The number of sulfonamides is 1. The van der Waals surface area contributed by atoms with Crippen molar-refractivity contribution in [3.05, 3.63) is 29.3 Å². The molecule has 0 bridgehead atoms. The maximum absolute atomic E-state index is 12.8. The third kappa shape index (κ3) is 3.34. The van der Waals surface area contributed by atoms with E-state index in [2.05, 4.69) is 10.2 Å². The summed E-state index contributed by atoms with van der Waals surface area (Å²) in [4.78, 5) is -0.204. The van der Waals surface area contributed by atoms with Gasteiger partial charge < -0.3 is 0 Å². The average molecular weight is 361 g/mol. The zero-order chi connectivity index (χ0) is 18.1. The SMILES string of the molecule is CCN(Cc1cn(CC)nc1C)S(=O)(=O)c1cnn(C(F)F)c1C. The Balaban J connectivity index is 2.36. The van der Waals surface area contributed by atoms with Gasteiger partial charge in [0.2, 0.25) is 10.0 Å². The van der Waals surface area contributed by atoms with E-state index in [1.54, 1.807) is 17.8 Å². The Bertz CT molecular complexity index is 813. The van der Waals surface area contributed by atoms with Crippen LogP contribution in [0.1, 0.15) is 37.3 Å². The van der Waals surface area contributed by atoms with Gasteiger partial charge in [0.1, 0.15) is 4.90 Å². The molecule has 2 rings (SSSR count). The molecule has 134 valence electrons. The fourth-order valence-corrected chi connectivity index (χ4v) is 4.00. The maximum atomic E-state index is 12.8. The molecule has 0 saturated carbocycles. The predicted octanol–water partition coefficient (Wildman–Crippen LogP) is 2.32. The zero-order valence-corrected chi connectivity index (χ0v) is 14.9. The van der Waals surface area contributed by atoms with E-state index in [-0.39, 0.29) is 23.7 Å². The van der Waals surface area contributed by atoms with E-state index in [4.69, 9.17) is 0 Å². The topological polar surface area (TPSA) is 73.0 Å². The van der Waals surface area contributed by atoms with Gasteiger partial charge in [0.25, 0.3) is 0 Å². The Labute approximate surface area is 139 Å². The minimum Gasteiger partial charge on any atom is -0.272 e. The highest BCUT2D eigenvalue weighted by Crippen LogP contribution is 2.24. The highest BCUT2D eigenvalue weighted by Gasteiger charge is 2.29. The van der Waals surface area contributed by atoms with Crippen molar-refractivity contribution in [2.24, 2.45) is 0 Å². The quantitative estimate of drug-likeness (QED) is 0.759. The van der Waals surface area contributed by atoms with E-state index in [0.717, 1.165) is 17.5 Å². The second-order valence-electron chi connectivity index (χ2n) is 5.34. The van der Waals surface area contributed by atoms with Crippen LogP contribution in [0.25, 0.3) is 0 Å². The van der Waals surface area contributed by atoms with Gasteiger partial charge in [-0.2, -0.15) is 23.3 Å². The predicted molar refractivity (Wildman–Crippen MR) is 84.1 cm³/mol. The number of alkyl halides is 2. The number of aryl methyl sites for hydroxylation is 2. The van der Waals surface area contributed by atoms with Gasteiger partial charge in [0.15, 0.2) is 0 Å². The van der Waals surface area contributed by atoms with Crippen molar-refractivity contribution in [1.29, 1.82) is 0 Å². The number of aromatic nitrogens is 4. The van der Waals surface area contributed by atoms with Gasteiger partial charge in [-0.1, -0.05) is 6.92 Å². The normalized spacial score (nSPS) is 12.5. The highest BCUT2D eigenvalue weighted by molar-refractivity contribution is 7.89. The molecule has 0 aromatic carbocycles. The number of hydrogen-bond acceptors (Lipinski definition) is 4. The summed E-state index contributed by atoms with van der Waals surface area (Å²) < 4.78 is 54.7. The van der Waals surface area contributed by atoms with Crippen molar-refractivity contribution in [2.45, 2.75) is 52.2 Å². The first kappa shape index (κ1) is 18.5. The van der Waals surface area contributed by atoms with Crippen molar-refractivity contribution in [2.75, 3.05) is 6.54 Å². The van der Waals surface area contributed by atoms with E-state index < -0.39 is 16.6 Å². The average Bonchev–Trinajstić information content (AvgIpc) is 3.07. The molecule has 2 heterocycles. The third-order valence-corrected chi connectivity index (χ3v) is 5.90. The fraction of sp³-hybridized carbons (Fsp3) is 0.571. The lowest BCUT2D eigenvalue weighted by atomic mass is 10.2. The minimum atomic E-state index is -3.93. The molecule has 2 aromatic rings. The van der Waals surface area contributed by atoms with Crippen LogP contribution >= 0.6 is 0 Å². The zero-order valence-electron chi connectivity index (χ0n) is 14.1. The highest BCUT2D eigenvalue weighted by atomic mass is 32.2. The standard InChI is InChI=1S/C14H21F2N5O2S/c1-5-19-8-12(10(3)18-19)9-20(6-2)24(22,23)13-7-17-21(11(13)4)14(15)16/h7-8,14H,5-6,9H2,1-4H3. The summed E-state index contributed by atoms with van der Waals surface area (Å²) in [6.07, 6.45) is 2.77. The molecule has 0 amide bonds. The summed E-state index contributed by atoms with van der Waals surface area (Å²) >= 11 is 0. The van der Waals surface area contributed by atoms with Crippen LogP contribution in [-0.4, -0.2) is 38.8 Å². The second kappa shape index (κ2) is 6.98. The number of hydrogen-bond donors (Lipinski definition) is 0. The van der Waals surface area contributed by atoms with E-state index in [0.29, 0.717) is 11.2 Å². The van der Waals surface area contributed by atoms with Crippen LogP contribution in [0.5, 0.6) is 0 Å². The lowest BCUT2D eigenvalue weighted by Crippen LogP contribution is -2.31. The molecule has 0 atom stereocenters. The van der Waals surface area contributed by atoms with E-state index in [1.165, 1.54) is 11.2 Å². The van der Waals surface area contributed by atoms with Crippen LogP contribution in [0.3, 0.4) is 0 Å².